The fraction of sp³-hybridized carbons (Fsp3) is 0.250. The third kappa shape index (κ3) is 4.44. The molecule has 2 N–H and O–H groups in total. The van der Waals surface area contributed by atoms with Crippen LogP contribution in [-0.2, 0) is 6.42 Å². The zero-order valence-corrected chi connectivity index (χ0v) is 13.3. The molecule has 0 aliphatic heterocycles. The normalized spacial score (nSPS) is 11.6. The summed E-state index contributed by atoms with van der Waals surface area (Å²) in [5, 5.41) is 0. The van der Waals surface area contributed by atoms with Crippen LogP contribution >= 0.6 is 24.2 Å². The van der Waals surface area contributed by atoms with Gasteiger partial charge in [0.1, 0.15) is 5.75 Å². The second-order valence-electron chi connectivity index (χ2n) is 4.54. The van der Waals surface area contributed by atoms with E-state index in [1.54, 1.807) is 18.9 Å². The van der Waals surface area contributed by atoms with E-state index in [0.717, 1.165) is 17.1 Å². The lowest BCUT2D eigenvalue weighted by atomic mass is 10.1. The Morgan fingerprint density at radius 1 is 1.05 bits per heavy atom. The van der Waals surface area contributed by atoms with E-state index in [4.69, 9.17) is 10.5 Å². The first kappa shape index (κ1) is 16.9. The lowest BCUT2D eigenvalue weighted by Gasteiger charge is -2.12. The molecule has 108 valence electrons. The van der Waals surface area contributed by atoms with Gasteiger partial charge in [-0.15, -0.1) is 12.4 Å². The van der Waals surface area contributed by atoms with Crippen LogP contribution in [0.5, 0.6) is 5.75 Å². The molecule has 0 aromatic heterocycles. The van der Waals surface area contributed by atoms with Gasteiger partial charge in [0.05, 0.1) is 12.0 Å². The van der Waals surface area contributed by atoms with Crippen LogP contribution < -0.4 is 10.5 Å². The Morgan fingerprint density at radius 2 is 1.65 bits per heavy atom. The van der Waals surface area contributed by atoms with E-state index >= 15 is 0 Å². The Kier molecular flexibility index (Phi) is 6.93. The molecule has 0 spiro atoms. The molecule has 1 unspecified atom stereocenters. The summed E-state index contributed by atoms with van der Waals surface area (Å²) in [6, 6.07) is 16.6. The third-order valence-corrected chi connectivity index (χ3v) is 3.98. The summed E-state index contributed by atoms with van der Waals surface area (Å²) in [6.45, 7) is 2.03. The number of halogens is 1. The minimum Gasteiger partial charge on any atom is -0.496 e. The maximum absolute atomic E-state index is 5.91. The monoisotopic (exact) mass is 309 g/mol. The Bertz CT molecular complexity index is 546. The van der Waals surface area contributed by atoms with Gasteiger partial charge in [-0.1, -0.05) is 42.1 Å². The quantitative estimate of drug-likeness (QED) is 0.901. The van der Waals surface area contributed by atoms with Crippen molar-refractivity contribution in [3.05, 3.63) is 54.1 Å². The molecule has 0 aliphatic rings. The number of methoxy groups -OCH3 is 1. The third-order valence-electron chi connectivity index (χ3n) is 2.80. The van der Waals surface area contributed by atoms with Gasteiger partial charge in [-0.2, -0.15) is 0 Å². The molecule has 0 bridgehead atoms. The van der Waals surface area contributed by atoms with Crippen LogP contribution in [0.3, 0.4) is 0 Å². The van der Waals surface area contributed by atoms with Gasteiger partial charge in [-0.05, 0) is 37.1 Å². The summed E-state index contributed by atoms with van der Waals surface area (Å²) in [4.78, 5) is 2.37. The van der Waals surface area contributed by atoms with Crippen molar-refractivity contribution in [2.24, 2.45) is 5.73 Å². The van der Waals surface area contributed by atoms with Crippen LogP contribution in [0.25, 0.3) is 0 Å². The standard InChI is InChI=1S/C16H19NOS.ClH/c1-12(17)11-13-7-3-5-9-15(13)19-16-10-6-4-8-14(16)18-2;/h3-10,12H,11,17H2,1-2H3;1H. The molecule has 2 rings (SSSR count). The van der Waals surface area contributed by atoms with Crippen molar-refractivity contribution in [1.29, 1.82) is 0 Å². The number of nitrogens with two attached hydrogens (primary N) is 1. The van der Waals surface area contributed by atoms with E-state index in [0.29, 0.717) is 0 Å². The Hall–Kier alpha value is -1.16. The van der Waals surface area contributed by atoms with Gasteiger partial charge in [0, 0.05) is 10.9 Å². The highest BCUT2D eigenvalue weighted by Gasteiger charge is 2.08. The molecular weight excluding hydrogens is 290 g/mol. The predicted octanol–water partition coefficient (Wildman–Crippen LogP) is 4.16. The van der Waals surface area contributed by atoms with E-state index < -0.39 is 0 Å². The van der Waals surface area contributed by atoms with Crippen molar-refractivity contribution in [1.82, 2.24) is 0 Å². The van der Waals surface area contributed by atoms with Gasteiger partial charge >= 0.3 is 0 Å². The van der Waals surface area contributed by atoms with Gasteiger partial charge in [0.15, 0.2) is 0 Å². The van der Waals surface area contributed by atoms with Crippen LogP contribution in [-0.4, -0.2) is 13.2 Å². The van der Waals surface area contributed by atoms with Gasteiger partial charge in [-0.25, -0.2) is 0 Å². The largest absolute Gasteiger partial charge is 0.496 e. The number of hydrogen-bond donors (Lipinski definition) is 1. The fourth-order valence-corrected chi connectivity index (χ4v) is 3.01. The summed E-state index contributed by atoms with van der Waals surface area (Å²) >= 11 is 1.73. The molecule has 0 amide bonds. The highest BCUT2D eigenvalue weighted by molar-refractivity contribution is 7.99. The van der Waals surface area contributed by atoms with E-state index in [1.165, 1.54) is 10.5 Å². The number of hydrogen-bond acceptors (Lipinski definition) is 3. The smallest absolute Gasteiger partial charge is 0.132 e. The topological polar surface area (TPSA) is 35.2 Å². The molecule has 0 heterocycles. The molecule has 0 aliphatic carbocycles. The minimum atomic E-state index is 0. The average Bonchev–Trinajstić information content (AvgIpc) is 2.41. The van der Waals surface area contributed by atoms with E-state index in [1.807, 2.05) is 25.1 Å². The molecule has 0 fully saturated rings. The Balaban J connectivity index is 0.00000200. The van der Waals surface area contributed by atoms with Gasteiger partial charge in [0.25, 0.3) is 0 Å². The van der Waals surface area contributed by atoms with E-state index in [9.17, 15) is 0 Å². The van der Waals surface area contributed by atoms with Crippen molar-refractivity contribution in [2.75, 3.05) is 7.11 Å². The van der Waals surface area contributed by atoms with Crippen LogP contribution in [0.15, 0.2) is 58.3 Å². The highest BCUT2D eigenvalue weighted by atomic mass is 35.5. The first-order valence-corrected chi connectivity index (χ1v) is 7.16. The molecule has 20 heavy (non-hydrogen) atoms. The predicted molar refractivity (Wildman–Crippen MR) is 88.2 cm³/mol. The Labute approximate surface area is 131 Å². The molecule has 1 atom stereocenters. The van der Waals surface area contributed by atoms with Gasteiger partial charge in [0.2, 0.25) is 0 Å². The molecule has 0 saturated carbocycles. The second-order valence-corrected chi connectivity index (χ2v) is 5.63. The molecule has 2 nitrogen and oxygen atoms in total. The van der Waals surface area contributed by atoms with Crippen molar-refractivity contribution in [2.45, 2.75) is 29.2 Å². The summed E-state index contributed by atoms with van der Waals surface area (Å²) in [5.74, 6) is 0.906. The van der Waals surface area contributed by atoms with Crippen molar-refractivity contribution >= 4 is 24.2 Å². The first-order valence-electron chi connectivity index (χ1n) is 6.35. The van der Waals surface area contributed by atoms with Crippen molar-refractivity contribution in [3.63, 3.8) is 0 Å². The second kappa shape index (κ2) is 8.20. The molecule has 2 aromatic rings. The molecule has 2 aromatic carbocycles. The van der Waals surface area contributed by atoms with E-state index in [2.05, 4.69) is 30.3 Å². The lowest BCUT2D eigenvalue weighted by Crippen LogP contribution is -2.18. The van der Waals surface area contributed by atoms with Crippen LogP contribution in [0.4, 0.5) is 0 Å². The van der Waals surface area contributed by atoms with Crippen molar-refractivity contribution < 1.29 is 4.74 Å². The number of para-hydroxylation sites is 1. The number of ether oxygens (including phenoxy) is 1. The number of benzene rings is 2. The highest BCUT2D eigenvalue weighted by Crippen LogP contribution is 2.36. The number of rotatable bonds is 5. The van der Waals surface area contributed by atoms with E-state index in [-0.39, 0.29) is 18.4 Å². The van der Waals surface area contributed by atoms with Crippen LogP contribution in [0.1, 0.15) is 12.5 Å². The average molecular weight is 310 g/mol. The summed E-state index contributed by atoms with van der Waals surface area (Å²) in [5.41, 5.74) is 7.19. The summed E-state index contributed by atoms with van der Waals surface area (Å²) in [6.07, 6.45) is 0.887. The fourth-order valence-electron chi connectivity index (χ4n) is 1.94. The maximum atomic E-state index is 5.91. The van der Waals surface area contributed by atoms with Gasteiger partial charge < -0.3 is 10.5 Å². The first-order chi connectivity index (χ1) is 9.20. The van der Waals surface area contributed by atoms with Crippen LogP contribution in [0.2, 0.25) is 0 Å². The Morgan fingerprint density at radius 3 is 2.30 bits per heavy atom. The minimum absolute atomic E-state index is 0. The lowest BCUT2D eigenvalue weighted by molar-refractivity contribution is 0.405. The maximum Gasteiger partial charge on any atom is 0.132 e. The van der Waals surface area contributed by atoms with Gasteiger partial charge in [-0.3, -0.25) is 0 Å². The zero-order chi connectivity index (χ0) is 13.7. The SMILES string of the molecule is COc1ccccc1Sc1ccccc1CC(C)N.Cl. The molecule has 4 heteroatoms. The molecule has 0 saturated heterocycles. The zero-order valence-electron chi connectivity index (χ0n) is 11.7. The molecular formula is C16H20ClNOS. The van der Waals surface area contributed by atoms with Crippen molar-refractivity contribution in [3.8, 4) is 5.75 Å². The summed E-state index contributed by atoms with van der Waals surface area (Å²) < 4.78 is 5.39. The summed E-state index contributed by atoms with van der Waals surface area (Å²) in [7, 11) is 1.70. The van der Waals surface area contributed by atoms with Crippen LogP contribution in [0, 0.1) is 0 Å². The molecule has 0 radical (unpaired) electrons.